The molecule has 0 unspecified atom stereocenters. The van der Waals surface area contributed by atoms with Crippen LogP contribution in [0.2, 0.25) is 10.0 Å². The van der Waals surface area contributed by atoms with Crippen LogP contribution >= 0.6 is 35.6 Å². The number of nitrogens with zero attached hydrogens (tertiary/aromatic N) is 2. The minimum absolute atomic E-state index is 0. The molecule has 2 heterocycles. The second kappa shape index (κ2) is 11.4. The molecule has 2 aliphatic rings. The fraction of sp³-hybridized carbons (Fsp3) is 0.360. The fourth-order valence-corrected chi connectivity index (χ4v) is 5.07. The zero-order valence-electron chi connectivity index (χ0n) is 19.3. The van der Waals surface area contributed by atoms with Crippen molar-refractivity contribution < 1.29 is 18.4 Å². The largest absolute Gasteiger partial charge is 0.373 e. The van der Waals surface area contributed by atoms with E-state index in [-0.39, 0.29) is 24.1 Å². The summed E-state index contributed by atoms with van der Waals surface area (Å²) < 4.78 is 26.4. The van der Waals surface area contributed by atoms with Crippen LogP contribution in [0.25, 0.3) is 11.3 Å². The van der Waals surface area contributed by atoms with Gasteiger partial charge in [-0.1, -0.05) is 34.4 Å². The molecular formula is C25H26Cl3FN4O3. The minimum atomic E-state index is -0.655. The van der Waals surface area contributed by atoms with Crippen molar-refractivity contribution in [3.05, 3.63) is 69.1 Å². The summed E-state index contributed by atoms with van der Waals surface area (Å²) in [6.07, 6.45) is 3.73. The lowest BCUT2D eigenvalue weighted by molar-refractivity contribution is 0.0246. The minimum Gasteiger partial charge on any atom is -0.373 e. The number of nitrogens with two attached hydrogens (primary N) is 1. The van der Waals surface area contributed by atoms with E-state index in [1.54, 1.807) is 24.3 Å². The number of nitrogens with one attached hydrogen (secondary N) is 1. The van der Waals surface area contributed by atoms with Crippen molar-refractivity contribution in [3.63, 3.8) is 0 Å². The summed E-state index contributed by atoms with van der Waals surface area (Å²) in [5.74, 6) is 5.06. The lowest BCUT2D eigenvalue weighted by Crippen LogP contribution is -2.37. The van der Waals surface area contributed by atoms with Gasteiger partial charge in [-0.2, -0.15) is 0 Å². The first-order valence-corrected chi connectivity index (χ1v) is 12.3. The summed E-state index contributed by atoms with van der Waals surface area (Å²) in [4.78, 5) is 13.7. The number of hydrogen-bond acceptors (Lipinski definition) is 6. The summed E-state index contributed by atoms with van der Waals surface area (Å²) in [6, 6.07) is 9.91. The molecule has 1 aromatic heterocycles. The quantitative estimate of drug-likeness (QED) is 0.215. The van der Waals surface area contributed by atoms with E-state index in [0.29, 0.717) is 46.9 Å². The van der Waals surface area contributed by atoms with Crippen LogP contribution in [0.5, 0.6) is 0 Å². The Morgan fingerprint density at radius 2 is 1.86 bits per heavy atom. The monoisotopic (exact) mass is 554 g/mol. The van der Waals surface area contributed by atoms with Crippen molar-refractivity contribution in [2.24, 2.45) is 5.84 Å². The molecule has 0 spiro atoms. The van der Waals surface area contributed by atoms with E-state index < -0.39 is 11.7 Å². The Morgan fingerprint density at radius 1 is 1.17 bits per heavy atom. The van der Waals surface area contributed by atoms with Gasteiger partial charge in [0.2, 0.25) is 0 Å². The Balaban J connectivity index is 0.00000304. The molecule has 192 valence electrons. The number of aromatic nitrogens is 1. The summed E-state index contributed by atoms with van der Waals surface area (Å²) in [6.45, 7) is 1.76. The van der Waals surface area contributed by atoms with Gasteiger partial charge in [0.15, 0.2) is 0 Å². The molecule has 2 fully saturated rings. The Labute approximate surface area is 224 Å². The zero-order chi connectivity index (χ0) is 24.5. The number of anilines is 1. The van der Waals surface area contributed by atoms with Gasteiger partial charge < -0.3 is 14.2 Å². The molecule has 0 radical (unpaired) electrons. The van der Waals surface area contributed by atoms with Gasteiger partial charge in [0, 0.05) is 35.8 Å². The number of hydrazine groups is 1. The van der Waals surface area contributed by atoms with Crippen LogP contribution in [0.15, 0.2) is 40.9 Å². The van der Waals surface area contributed by atoms with Gasteiger partial charge in [0.25, 0.3) is 5.91 Å². The van der Waals surface area contributed by atoms with Crippen molar-refractivity contribution in [1.29, 1.82) is 0 Å². The van der Waals surface area contributed by atoms with Crippen LogP contribution in [0.1, 0.15) is 53.3 Å². The predicted molar refractivity (Wildman–Crippen MR) is 139 cm³/mol. The number of hydrogen-bond donors (Lipinski definition) is 2. The molecule has 1 aliphatic carbocycles. The molecule has 11 heteroatoms. The Hall–Kier alpha value is -2.36. The Bertz CT molecular complexity index is 1220. The molecule has 3 N–H and O–H groups in total. The summed E-state index contributed by atoms with van der Waals surface area (Å²) in [5.41, 5.74) is 4.80. The molecule has 1 aliphatic heterocycles. The van der Waals surface area contributed by atoms with Crippen molar-refractivity contribution in [2.75, 3.05) is 18.0 Å². The van der Waals surface area contributed by atoms with E-state index in [4.69, 9.17) is 38.3 Å². The van der Waals surface area contributed by atoms with Gasteiger partial charge in [-0.15, -0.1) is 12.4 Å². The number of carbonyl (C=O) groups excluding carboxylic acids is 1. The molecule has 0 atom stereocenters. The SMILES string of the molecule is Cl.NNC(=O)c1ccc(N2CCC(OCc3c(-c4c(Cl)cccc4Cl)noc3C3CC3)CC2)cc1F. The number of ether oxygens (including phenoxy) is 1. The van der Waals surface area contributed by atoms with E-state index in [1.165, 1.54) is 12.1 Å². The molecule has 1 saturated carbocycles. The predicted octanol–water partition coefficient (Wildman–Crippen LogP) is 5.88. The third-order valence-electron chi connectivity index (χ3n) is 6.57. The van der Waals surface area contributed by atoms with Gasteiger partial charge in [-0.3, -0.25) is 10.2 Å². The maximum atomic E-state index is 14.3. The first kappa shape index (κ1) is 26.7. The fourth-order valence-electron chi connectivity index (χ4n) is 4.49. The first-order chi connectivity index (χ1) is 17.0. The molecule has 7 nitrogen and oxygen atoms in total. The molecule has 36 heavy (non-hydrogen) atoms. The van der Waals surface area contributed by atoms with Crippen molar-refractivity contribution >= 4 is 47.2 Å². The van der Waals surface area contributed by atoms with Gasteiger partial charge in [0.05, 0.1) is 28.3 Å². The second-order valence-electron chi connectivity index (χ2n) is 8.88. The number of benzene rings is 2. The van der Waals surface area contributed by atoms with Gasteiger partial charge in [-0.05, 0) is 56.0 Å². The molecule has 2 aromatic carbocycles. The zero-order valence-corrected chi connectivity index (χ0v) is 21.6. The van der Waals surface area contributed by atoms with Crippen molar-refractivity contribution in [1.82, 2.24) is 10.6 Å². The highest BCUT2D eigenvalue weighted by atomic mass is 35.5. The number of carbonyl (C=O) groups is 1. The van der Waals surface area contributed by atoms with Gasteiger partial charge in [-0.25, -0.2) is 10.2 Å². The molecule has 0 bridgehead atoms. The van der Waals surface area contributed by atoms with E-state index in [2.05, 4.69) is 10.1 Å². The van der Waals surface area contributed by atoms with Crippen LogP contribution in [0.3, 0.4) is 0 Å². The molecule has 1 amide bonds. The van der Waals surface area contributed by atoms with E-state index in [9.17, 15) is 9.18 Å². The maximum absolute atomic E-state index is 14.3. The van der Waals surface area contributed by atoms with Crippen LogP contribution < -0.4 is 16.2 Å². The topological polar surface area (TPSA) is 93.6 Å². The van der Waals surface area contributed by atoms with Crippen LogP contribution in [-0.4, -0.2) is 30.3 Å². The third-order valence-corrected chi connectivity index (χ3v) is 7.20. The molecule has 1 saturated heterocycles. The summed E-state index contributed by atoms with van der Waals surface area (Å²) in [5, 5.41) is 5.35. The van der Waals surface area contributed by atoms with Crippen molar-refractivity contribution in [3.8, 4) is 11.3 Å². The lowest BCUT2D eigenvalue weighted by Gasteiger charge is -2.33. The smallest absolute Gasteiger partial charge is 0.268 e. The number of halogens is 4. The summed E-state index contributed by atoms with van der Waals surface area (Å²) >= 11 is 12.9. The van der Waals surface area contributed by atoms with E-state index in [1.807, 2.05) is 5.43 Å². The highest BCUT2D eigenvalue weighted by Crippen LogP contribution is 2.46. The standard InChI is InChI=1S/C25H25Cl2FN4O3.ClH/c26-19-2-1-3-20(27)22(19)23-18(24(35-31-23)14-4-5-14)13-34-16-8-10-32(11-9-16)15-6-7-17(21(28)12-15)25(33)30-29;/h1-3,6-7,12,14,16H,4-5,8-11,13,29H2,(H,30,33);1H. The second-order valence-corrected chi connectivity index (χ2v) is 9.69. The molecular weight excluding hydrogens is 530 g/mol. The van der Waals surface area contributed by atoms with Crippen molar-refractivity contribution in [2.45, 2.75) is 44.3 Å². The van der Waals surface area contributed by atoms with E-state index in [0.717, 1.165) is 42.7 Å². The average molecular weight is 556 g/mol. The molecule has 3 aromatic rings. The highest BCUT2D eigenvalue weighted by molar-refractivity contribution is 6.39. The first-order valence-electron chi connectivity index (χ1n) is 11.6. The number of nitrogen functional groups attached to an aromatic ring is 1. The maximum Gasteiger partial charge on any atom is 0.268 e. The third kappa shape index (κ3) is 5.48. The Morgan fingerprint density at radius 3 is 2.47 bits per heavy atom. The normalized spacial score (nSPS) is 16.1. The highest BCUT2D eigenvalue weighted by Gasteiger charge is 2.34. The molecule has 5 rings (SSSR count). The number of amides is 1. The van der Waals surface area contributed by atoms with Crippen LogP contribution in [-0.2, 0) is 11.3 Å². The van der Waals surface area contributed by atoms with Crippen LogP contribution in [0.4, 0.5) is 10.1 Å². The lowest BCUT2D eigenvalue weighted by atomic mass is 10.0. The van der Waals surface area contributed by atoms with Gasteiger partial charge >= 0.3 is 0 Å². The number of piperidine rings is 1. The average Bonchev–Trinajstić information content (AvgIpc) is 3.62. The van der Waals surface area contributed by atoms with Gasteiger partial charge in [0.1, 0.15) is 17.3 Å². The van der Waals surface area contributed by atoms with E-state index >= 15 is 0 Å². The van der Waals surface area contributed by atoms with Crippen LogP contribution in [0, 0.1) is 5.82 Å². The Kier molecular flexibility index (Phi) is 8.42. The summed E-state index contributed by atoms with van der Waals surface area (Å²) in [7, 11) is 0. The number of rotatable bonds is 7.